The standard InChI is InChI=1S/C16H25FN2O2/c1-21-10-7-18-12-13-11-14(17)5-6-16(13)19(8-9-20)15-3-2-4-15/h5-6,11,15,18,20H,2-4,7-10,12H2,1H3. The average Bonchev–Trinajstić information content (AvgIpc) is 2.41. The summed E-state index contributed by atoms with van der Waals surface area (Å²) in [7, 11) is 1.66. The SMILES string of the molecule is COCCNCc1cc(F)ccc1N(CCO)C1CCC1. The van der Waals surface area contributed by atoms with E-state index in [1.807, 2.05) is 6.07 Å². The van der Waals surface area contributed by atoms with E-state index in [0.717, 1.165) is 30.6 Å². The van der Waals surface area contributed by atoms with E-state index < -0.39 is 0 Å². The van der Waals surface area contributed by atoms with Gasteiger partial charge in [-0.05, 0) is 43.0 Å². The van der Waals surface area contributed by atoms with Gasteiger partial charge in [-0.1, -0.05) is 0 Å². The largest absolute Gasteiger partial charge is 0.395 e. The first kappa shape index (κ1) is 16.2. The van der Waals surface area contributed by atoms with Crippen LogP contribution in [0.5, 0.6) is 0 Å². The summed E-state index contributed by atoms with van der Waals surface area (Å²) in [6.07, 6.45) is 3.52. The van der Waals surface area contributed by atoms with Gasteiger partial charge in [0.15, 0.2) is 0 Å². The Morgan fingerprint density at radius 1 is 1.43 bits per heavy atom. The zero-order valence-electron chi connectivity index (χ0n) is 12.6. The van der Waals surface area contributed by atoms with Gasteiger partial charge in [0.2, 0.25) is 0 Å². The summed E-state index contributed by atoms with van der Waals surface area (Å²) in [5, 5.41) is 12.6. The van der Waals surface area contributed by atoms with Gasteiger partial charge in [0, 0.05) is 38.5 Å². The van der Waals surface area contributed by atoms with Crippen molar-refractivity contribution in [2.24, 2.45) is 0 Å². The number of rotatable bonds is 9. The Bertz CT molecular complexity index is 438. The van der Waals surface area contributed by atoms with Gasteiger partial charge in [0.05, 0.1) is 13.2 Å². The van der Waals surface area contributed by atoms with E-state index in [1.54, 1.807) is 13.2 Å². The minimum Gasteiger partial charge on any atom is -0.395 e. The number of aliphatic hydroxyl groups excluding tert-OH is 1. The molecule has 1 aliphatic rings. The lowest BCUT2D eigenvalue weighted by molar-refractivity contribution is 0.199. The van der Waals surface area contributed by atoms with Crippen molar-refractivity contribution in [2.45, 2.75) is 31.8 Å². The summed E-state index contributed by atoms with van der Waals surface area (Å²) in [5.41, 5.74) is 1.96. The van der Waals surface area contributed by atoms with Crippen molar-refractivity contribution in [2.75, 3.05) is 38.3 Å². The molecule has 0 unspecified atom stereocenters. The molecule has 21 heavy (non-hydrogen) atoms. The van der Waals surface area contributed by atoms with Crippen molar-refractivity contribution in [1.29, 1.82) is 0 Å². The zero-order chi connectivity index (χ0) is 15.1. The lowest BCUT2D eigenvalue weighted by atomic mass is 9.90. The van der Waals surface area contributed by atoms with Crippen LogP contribution in [0.15, 0.2) is 18.2 Å². The number of ether oxygens (including phenoxy) is 1. The lowest BCUT2D eigenvalue weighted by Gasteiger charge is -2.40. The zero-order valence-corrected chi connectivity index (χ0v) is 12.6. The van der Waals surface area contributed by atoms with E-state index in [9.17, 15) is 9.50 Å². The molecule has 5 heteroatoms. The Balaban J connectivity index is 2.11. The fourth-order valence-corrected chi connectivity index (χ4v) is 2.68. The predicted octanol–water partition coefficient (Wildman–Crippen LogP) is 1.91. The molecule has 0 heterocycles. The van der Waals surface area contributed by atoms with Crippen LogP contribution >= 0.6 is 0 Å². The second kappa shape index (κ2) is 8.32. The van der Waals surface area contributed by atoms with E-state index in [0.29, 0.717) is 25.7 Å². The van der Waals surface area contributed by atoms with Gasteiger partial charge < -0.3 is 20.1 Å². The number of hydrogen-bond acceptors (Lipinski definition) is 4. The Hall–Kier alpha value is -1.17. The molecule has 1 saturated carbocycles. The molecule has 1 aliphatic carbocycles. The molecule has 1 aromatic rings. The number of methoxy groups -OCH3 is 1. The van der Waals surface area contributed by atoms with E-state index in [2.05, 4.69) is 10.2 Å². The number of halogens is 1. The molecule has 1 fully saturated rings. The molecule has 0 saturated heterocycles. The Kier molecular flexibility index (Phi) is 6.42. The van der Waals surface area contributed by atoms with Crippen LogP contribution in [0, 0.1) is 5.82 Å². The van der Waals surface area contributed by atoms with Gasteiger partial charge >= 0.3 is 0 Å². The lowest BCUT2D eigenvalue weighted by Crippen LogP contribution is -2.42. The Morgan fingerprint density at radius 2 is 2.24 bits per heavy atom. The summed E-state index contributed by atoms with van der Waals surface area (Å²) in [5.74, 6) is -0.222. The van der Waals surface area contributed by atoms with Crippen molar-refractivity contribution >= 4 is 5.69 Å². The van der Waals surface area contributed by atoms with Crippen molar-refractivity contribution in [3.05, 3.63) is 29.6 Å². The highest BCUT2D eigenvalue weighted by Gasteiger charge is 2.26. The first-order valence-electron chi connectivity index (χ1n) is 7.62. The maximum Gasteiger partial charge on any atom is 0.123 e. The molecule has 0 spiro atoms. The number of aliphatic hydroxyl groups is 1. The fraction of sp³-hybridized carbons (Fsp3) is 0.625. The van der Waals surface area contributed by atoms with E-state index >= 15 is 0 Å². The van der Waals surface area contributed by atoms with Crippen molar-refractivity contribution in [3.63, 3.8) is 0 Å². The molecule has 2 rings (SSSR count). The third kappa shape index (κ3) is 4.40. The van der Waals surface area contributed by atoms with Crippen LogP contribution in [0.25, 0.3) is 0 Å². The number of benzene rings is 1. The van der Waals surface area contributed by atoms with Gasteiger partial charge in [-0.2, -0.15) is 0 Å². The molecule has 0 aromatic heterocycles. The number of anilines is 1. The van der Waals surface area contributed by atoms with E-state index in [-0.39, 0.29) is 12.4 Å². The van der Waals surface area contributed by atoms with Gasteiger partial charge in [-0.25, -0.2) is 4.39 Å². The quantitative estimate of drug-likeness (QED) is 0.683. The molecule has 0 amide bonds. The smallest absolute Gasteiger partial charge is 0.123 e. The van der Waals surface area contributed by atoms with Crippen LogP contribution < -0.4 is 10.2 Å². The molecular formula is C16H25FN2O2. The highest BCUT2D eigenvalue weighted by Crippen LogP contribution is 2.31. The average molecular weight is 296 g/mol. The molecule has 0 atom stereocenters. The minimum atomic E-state index is -0.222. The monoisotopic (exact) mass is 296 g/mol. The molecule has 0 bridgehead atoms. The fourth-order valence-electron chi connectivity index (χ4n) is 2.68. The predicted molar refractivity (Wildman–Crippen MR) is 82.1 cm³/mol. The molecule has 4 nitrogen and oxygen atoms in total. The van der Waals surface area contributed by atoms with Crippen molar-refractivity contribution in [3.8, 4) is 0 Å². The second-order valence-electron chi connectivity index (χ2n) is 5.44. The molecule has 1 aromatic carbocycles. The normalized spacial score (nSPS) is 15.0. The van der Waals surface area contributed by atoms with Gasteiger partial charge in [-0.15, -0.1) is 0 Å². The highest BCUT2D eigenvalue weighted by atomic mass is 19.1. The molecule has 118 valence electrons. The summed E-state index contributed by atoms with van der Waals surface area (Å²) in [4.78, 5) is 2.22. The van der Waals surface area contributed by atoms with Crippen LogP contribution in [0.2, 0.25) is 0 Å². The van der Waals surface area contributed by atoms with Crippen molar-refractivity contribution in [1.82, 2.24) is 5.32 Å². The van der Waals surface area contributed by atoms with Crippen LogP contribution in [0.3, 0.4) is 0 Å². The number of nitrogens with one attached hydrogen (secondary N) is 1. The highest BCUT2D eigenvalue weighted by molar-refractivity contribution is 5.55. The maximum absolute atomic E-state index is 13.5. The third-order valence-corrected chi connectivity index (χ3v) is 4.01. The Morgan fingerprint density at radius 3 is 2.86 bits per heavy atom. The molecular weight excluding hydrogens is 271 g/mol. The summed E-state index contributed by atoms with van der Waals surface area (Å²) in [6, 6.07) is 5.38. The van der Waals surface area contributed by atoms with Gasteiger partial charge in [-0.3, -0.25) is 0 Å². The first-order valence-corrected chi connectivity index (χ1v) is 7.62. The summed E-state index contributed by atoms with van der Waals surface area (Å²) in [6.45, 7) is 2.68. The third-order valence-electron chi connectivity index (χ3n) is 4.01. The van der Waals surface area contributed by atoms with E-state index in [1.165, 1.54) is 12.5 Å². The van der Waals surface area contributed by atoms with Crippen LogP contribution in [-0.4, -0.2) is 44.6 Å². The van der Waals surface area contributed by atoms with E-state index in [4.69, 9.17) is 4.74 Å². The van der Waals surface area contributed by atoms with Crippen LogP contribution in [-0.2, 0) is 11.3 Å². The number of hydrogen-bond donors (Lipinski definition) is 2. The van der Waals surface area contributed by atoms with Gasteiger partial charge in [0.25, 0.3) is 0 Å². The number of nitrogens with zero attached hydrogens (tertiary/aromatic N) is 1. The second-order valence-corrected chi connectivity index (χ2v) is 5.44. The van der Waals surface area contributed by atoms with Crippen LogP contribution in [0.1, 0.15) is 24.8 Å². The maximum atomic E-state index is 13.5. The molecule has 2 N–H and O–H groups in total. The van der Waals surface area contributed by atoms with Crippen LogP contribution in [0.4, 0.5) is 10.1 Å². The minimum absolute atomic E-state index is 0.115. The molecule has 0 radical (unpaired) electrons. The first-order chi connectivity index (χ1) is 10.3. The summed E-state index contributed by atoms with van der Waals surface area (Å²) >= 11 is 0. The van der Waals surface area contributed by atoms with Gasteiger partial charge in [0.1, 0.15) is 5.82 Å². The Labute approximate surface area is 125 Å². The topological polar surface area (TPSA) is 44.7 Å². The molecule has 0 aliphatic heterocycles. The van der Waals surface area contributed by atoms with Crippen molar-refractivity contribution < 1.29 is 14.2 Å². The summed E-state index contributed by atoms with van der Waals surface area (Å²) < 4.78 is 18.6.